The van der Waals surface area contributed by atoms with E-state index in [2.05, 4.69) is 4.98 Å². The molecule has 160 valence electrons. The van der Waals surface area contributed by atoms with Crippen molar-refractivity contribution in [2.75, 3.05) is 18.0 Å². The minimum absolute atomic E-state index is 0.00962. The van der Waals surface area contributed by atoms with E-state index >= 15 is 0 Å². The van der Waals surface area contributed by atoms with Crippen molar-refractivity contribution < 1.29 is 14.3 Å². The minimum atomic E-state index is -0.565. The number of benzene rings is 1. The van der Waals surface area contributed by atoms with Gasteiger partial charge >= 0.3 is 6.09 Å². The van der Waals surface area contributed by atoms with Crippen molar-refractivity contribution in [3.63, 3.8) is 0 Å². The molecule has 2 amide bonds. The van der Waals surface area contributed by atoms with Gasteiger partial charge in [0.25, 0.3) is 5.91 Å². The molecule has 0 aliphatic carbocycles. The maximum absolute atomic E-state index is 13.1. The number of rotatable bonds is 4. The highest BCUT2D eigenvalue weighted by atomic mass is 16.6. The number of carbonyl (C=O) groups is 2. The largest absolute Gasteiger partial charge is 0.443 e. The van der Waals surface area contributed by atoms with Crippen molar-refractivity contribution >= 4 is 17.8 Å². The van der Waals surface area contributed by atoms with Crippen molar-refractivity contribution in [3.05, 3.63) is 59.8 Å². The molecule has 1 saturated heterocycles. The second kappa shape index (κ2) is 9.28. The lowest BCUT2D eigenvalue weighted by Crippen LogP contribution is -2.39. The van der Waals surface area contributed by atoms with Gasteiger partial charge in [0.15, 0.2) is 0 Å². The molecule has 6 heteroatoms. The number of anilines is 1. The Hall–Kier alpha value is -2.89. The smallest absolute Gasteiger partial charge is 0.415 e. The van der Waals surface area contributed by atoms with Crippen molar-refractivity contribution in [3.8, 4) is 0 Å². The molecule has 1 aliphatic heterocycles. The quantitative estimate of drug-likeness (QED) is 0.695. The summed E-state index contributed by atoms with van der Waals surface area (Å²) in [6.45, 7) is 8.62. The van der Waals surface area contributed by atoms with Gasteiger partial charge in [0.2, 0.25) is 0 Å². The molecule has 0 unspecified atom stereocenters. The van der Waals surface area contributed by atoms with Crippen molar-refractivity contribution in [2.45, 2.75) is 58.6 Å². The molecule has 2 heterocycles. The number of ether oxygens (including phenoxy) is 1. The third-order valence-corrected chi connectivity index (χ3v) is 5.15. The molecule has 1 atom stereocenters. The highest BCUT2D eigenvalue weighted by Crippen LogP contribution is 2.32. The molecule has 1 aliphatic rings. The molecule has 0 saturated carbocycles. The Bertz CT molecular complexity index is 860. The van der Waals surface area contributed by atoms with Crippen LogP contribution in [0.1, 0.15) is 68.9 Å². The van der Waals surface area contributed by atoms with E-state index in [4.69, 9.17) is 4.74 Å². The molecule has 1 aromatic heterocycles. The Labute approximate surface area is 178 Å². The van der Waals surface area contributed by atoms with Gasteiger partial charge in [-0.2, -0.15) is 0 Å². The number of pyridine rings is 1. The molecular weight excluding hydrogens is 378 g/mol. The molecule has 1 aromatic carbocycles. The van der Waals surface area contributed by atoms with Crippen LogP contribution in [-0.4, -0.2) is 40.6 Å². The Balaban J connectivity index is 1.79. The number of hydrogen-bond donors (Lipinski definition) is 0. The topological polar surface area (TPSA) is 62.7 Å². The van der Waals surface area contributed by atoms with Gasteiger partial charge in [-0.25, -0.2) is 9.78 Å². The summed E-state index contributed by atoms with van der Waals surface area (Å²) < 4.78 is 5.48. The van der Waals surface area contributed by atoms with Crippen molar-refractivity contribution in [1.29, 1.82) is 0 Å². The Morgan fingerprint density at radius 2 is 1.87 bits per heavy atom. The predicted molar refractivity (Wildman–Crippen MR) is 118 cm³/mol. The average molecular weight is 410 g/mol. The first-order chi connectivity index (χ1) is 14.3. The van der Waals surface area contributed by atoms with Gasteiger partial charge in [0, 0.05) is 24.8 Å². The molecule has 6 nitrogen and oxygen atoms in total. The standard InChI is InChI=1S/C24H31N3O3/c1-5-26(23(29)30-24(2,3)4)21-15-14-19(17-25-21)20-13-9-10-16-27(20)22(28)18-11-7-6-8-12-18/h6-8,11-12,14-15,17,20H,5,9-10,13,16H2,1-4H3/t20-/m1/s1. The zero-order valence-corrected chi connectivity index (χ0v) is 18.3. The van der Waals surface area contributed by atoms with Crippen LogP contribution in [0.4, 0.5) is 10.6 Å². The predicted octanol–water partition coefficient (Wildman–Crippen LogP) is 5.21. The van der Waals surface area contributed by atoms with Gasteiger partial charge in [-0.05, 0) is 70.7 Å². The van der Waals surface area contributed by atoms with Gasteiger partial charge in [0.1, 0.15) is 11.4 Å². The SMILES string of the molecule is CCN(C(=O)OC(C)(C)C)c1ccc([C@H]2CCCCN2C(=O)c2ccccc2)cn1. The third-order valence-electron chi connectivity index (χ3n) is 5.15. The lowest BCUT2D eigenvalue weighted by molar-refractivity contribution is 0.0580. The average Bonchev–Trinajstić information content (AvgIpc) is 2.74. The Morgan fingerprint density at radius 3 is 2.47 bits per heavy atom. The van der Waals surface area contributed by atoms with E-state index in [1.165, 1.54) is 4.90 Å². The van der Waals surface area contributed by atoms with Gasteiger partial charge in [-0.1, -0.05) is 24.3 Å². The number of piperidine rings is 1. The van der Waals surface area contributed by atoms with Gasteiger partial charge in [-0.3, -0.25) is 9.69 Å². The van der Waals surface area contributed by atoms with Crippen LogP contribution < -0.4 is 4.90 Å². The zero-order chi connectivity index (χ0) is 21.7. The van der Waals surface area contributed by atoms with E-state index in [1.54, 1.807) is 6.20 Å². The number of amides is 2. The first kappa shape index (κ1) is 21.8. The fourth-order valence-corrected chi connectivity index (χ4v) is 3.72. The number of likely N-dealkylation sites (tertiary alicyclic amines) is 1. The maximum Gasteiger partial charge on any atom is 0.415 e. The van der Waals surface area contributed by atoms with Crippen LogP contribution in [0, 0.1) is 0 Å². The van der Waals surface area contributed by atoms with Crippen molar-refractivity contribution in [1.82, 2.24) is 9.88 Å². The lowest BCUT2D eigenvalue weighted by Gasteiger charge is -2.36. The van der Waals surface area contributed by atoms with E-state index in [9.17, 15) is 9.59 Å². The summed E-state index contributed by atoms with van der Waals surface area (Å²) in [4.78, 5) is 33.5. The van der Waals surface area contributed by atoms with Crippen LogP contribution in [0.2, 0.25) is 0 Å². The lowest BCUT2D eigenvalue weighted by atomic mass is 9.95. The molecule has 0 radical (unpaired) electrons. The summed E-state index contributed by atoms with van der Waals surface area (Å²) in [5.74, 6) is 0.598. The highest BCUT2D eigenvalue weighted by molar-refractivity contribution is 5.94. The number of nitrogens with zero attached hydrogens (tertiary/aromatic N) is 3. The number of hydrogen-bond acceptors (Lipinski definition) is 4. The van der Waals surface area contributed by atoms with Crippen LogP contribution >= 0.6 is 0 Å². The summed E-state index contributed by atoms with van der Waals surface area (Å²) in [7, 11) is 0. The van der Waals surface area contributed by atoms with Crippen molar-refractivity contribution in [2.24, 2.45) is 0 Å². The second-order valence-corrected chi connectivity index (χ2v) is 8.55. The molecule has 0 spiro atoms. The fraction of sp³-hybridized carbons (Fsp3) is 0.458. The summed E-state index contributed by atoms with van der Waals surface area (Å²) in [6.07, 6.45) is 4.35. The van der Waals surface area contributed by atoms with E-state index in [-0.39, 0.29) is 11.9 Å². The Morgan fingerprint density at radius 1 is 1.13 bits per heavy atom. The second-order valence-electron chi connectivity index (χ2n) is 8.55. The highest BCUT2D eigenvalue weighted by Gasteiger charge is 2.29. The van der Waals surface area contributed by atoms with Gasteiger partial charge in [-0.15, -0.1) is 0 Å². The fourth-order valence-electron chi connectivity index (χ4n) is 3.72. The first-order valence-corrected chi connectivity index (χ1v) is 10.6. The van der Waals surface area contributed by atoms with E-state index < -0.39 is 11.7 Å². The molecule has 30 heavy (non-hydrogen) atoms. The Kier molecular flexibility index (Phi) is 6.75. The van der Waals surface area contributed by atoms with E-state index in [0.29, 0.717) is 17.9 Å². The van der Waals surface area contributed by atoms with Crippen LogP contribution in [0.3, 0.4) is 0 Å². The van der Waals surface area contributed by atoms with Crippen LogP contribution in [0.5, 0.6) is 0 Å². The normalized spacial score (nSPS) is 16.8. The molecule has 0 bridgehead atoms. The molecule has 1 fully saturated rings. The molecule has 3 rings (SSSR count). The zero-order valence-electron chi connectivity index (χ0n) is 18.3. The van der Waals surface area contributed by atoms with Gasteiger partial charge in [0.05, 0.1) is 6.04 Å². The molecule has 0 N–H and O–H groups in total. The number of carbonyl (C=O) groups excluding carboxylic acids is 2. The summed E-state index contributed by atoms with van der Waals surface area (Å²) in [5.41, 5.74) is 1.13. The minimum Gasteiger partial charge on any atom is -0.443 e. The van der Waals surface area contributed by atoms with Gasteiger partial charge < -0.3 is 9.64 Å². The van der Waals surface area contributed by atoms with Crippen LogP contribution in [-0.2, 0) is 4.74 Å². The number of aromatic nitrogens is 1. The van der Waals surface area contributed by atoms with Crippen LogP contribution in [0.15, 0.2) is 48.7 Å². The summed E-state index contributed by atoms with van der Waals surface area (Å²) in [5, 5.41) is 0. The van der Waals surface area contributed by atoms with E-state index in [0.717, 1.165) is 31.4 Å². The molecular formula is C24H31N3O3. The first-order valence-electron chi connectivity index (χ1n) is 10.6. The van der Waals surface area contributed by atoms with E-state index in [1.807, 2.05) is 75.1 Å². The molecule has 2 aromatic rings. The third kappa shape index (κ3) is 5.17. The summed E-state index contributed by atoms with van der Waals surface area (Å²) in [6, 6.07) is 13.2. The monoisotopic (exact) mass is 409 g/mol. The summed E-state index contributed by atoms with van der Waals surface area (Å²) >= 11 is 0. The van der Waals surface area contributed by atoms with Crippen LogP contribution in [0.25, 0.3) is 0 Å². The maximum atomic E-state index is 13.1.